The Morgan fingerprint density at radius 1 is 1.48 bits per heavy atom. The van der Waals surface area contributed by atoms with Crippen LogP contribution in [0.5, 0.6) is 0 Å². The third-order valence-electron chi connectivity index (χ3n) is 2.52. The lowest BCUT2D eigenvalue weighted by molar-refractivity contribution is 0.107. The molecule has 0 aromatic heterocycles. The SMILES string of the molecule is CC.CO/N=C(/C(=NC1=CC=C(F)C(Br)=CC1)NO)[C@@H](C)ON. The molecule has 4 N–H and O–H groups in total. The van der Waals surface area contributed by atoms with Crippen molar-refractivity contribution >= 4 is 27.5 Å². The van der Waals surface area contributed by atoms with Gasteiger partial charge in [0.1, 0.15) is 19.0 Å². The Morgan fingerprint density at radius 3 is 2.65 bits per heavy atom. The largest absolute Gasteiger partial charge is 0.399 e. The van der Waals surface area contributed by atoms with Gasteiger partial charge in [-0.1, -0.05) is 25.1 Å². The smallest absolute Gasteiger partial charge is 0.178 e. The Kier molecular flexibility index (Phi) is 11.1. The molecular weight excluding hydrogens is 371 g/mol. The Balaban J connectivity index is 0.00000232. The number of nitrogens with two attached hydrogens (primary N) is 1. The normalized spacial score (nSPS) is 17.0. The number of hydroxylamine groups is 1. The molecule has 1 rings (SSSR count). The number of nitrogens with one attached hydrogen (secondary N) is 1. The Morgan fingerprint density at radius 2 is 2.13 bits per heavy atom. The van der Waals surface area contributed by atoms with Crippen LogP contribution >= 0.6 is 15.9 Å². The first-order valence-corrected chi connectivity index (χ1v) is 7.70. The quantitative estimate of drug-likeness (QED) is 0.379. The van der Waals surface area contributed by atoms with Gasteiger partial charge in [0.25, 0.3) is 0 Å². The van der Waals surface area contributed by atoms with Gasteiger partial charge in [0.05, 0.1) is 0 Å². The lowest BCUT2D eigenvalue weighted by atomic mass is 10.2. The lowest BCUT2D eigenvalue weighted by Crippen LogP contribution is -2.38. The first-order chi connectivity index (χ1) is 11.0. The highest BCUT2D eigenvalue weighted by atomic mass is 79.9. The van der Waals surface area contributed by atoms with Crippen molar-refractivity contribution in [1.29, 1.82) is 0 Å². The Bertz CT molecular complexity index is 530. The second kappa shape index (κ2) is 11.9. The van der Waals surface area contributed by atoms with E-state index in [1.165, 1.54) is 19.3 Å². The highest BCUT2D eigenvalue weighted by molar-refractivity contribution is 9.11. The van der Waals surface area contributed by atoms with Crippen LogP contribution in [0.25, 0.3) is 0 Å². The van der Waals surface area contributed by atoms with Crippen LogP contribution in [0.3, 0.4) is 0 Å². The first-order valence-electron chi connectivity index (χ1n) is 6.91. The summed E-state index contributed by atoms with van der Waals surface area (Å²) in [5, 5.41) is 12.9. The van der Waals surface area contributed by atoms with Gasteiger partial charge in [-0.15, -0.1) is 0 Å². The van der Waals surface area contributed by atoms with Crippen LogP contribution in [0.1, 0.15) is 27.2 Å². The maximum absolute atomic E-state index is 13.4. The van der Waals surface area contributed by atoms with E-state index < -0.39 is 11.9 Å². The van der Waals surface area contributed by atoms with Crippen LogP contribution in [0.15, 0.2) is 44.4 Å². The minimum atomic E-state index is -0.677. The topological polar surface area (TPSA) is 101 Å². The summed E-state index contributed by atoms with van der Waals surface area (Å²) >= 11 is 3.09. The summed E-state index contributed by atoms with van der Waals surface area (Å²) in [6.07, 6.45) is 4.03. The van der Waals surface area contributed by atoms with E-state index in [0.29, 0.717) is 16.6 Å². The number of oxime groups is 1. The van der Waals surface area contributed by atoms with Gasteiger partial charge in [-0.3, -0.25) is 15.5 Å². The van der Waals surface area contributed by atoms with Gasteiger partial charge in [0.2, 0.25) is 0 Å². The summed E-state index contributed by atoms with van der Waals surface area (Å²) in [6, 6.07) is 0. The van der Waals surface area contributed by atoms with E-state index in [1.807, 2.05) is 19.3 Å². The number of aliphatic imine (C=N–C) groups is 1. The summed E-state index contributed by atoms with van der Waals surface area (Å²) in [4.78, 5) is 13.5. The van der Waals surface area contributed by atoms with Crippen molar-refractivity contribution in [2.75, 3.05) is 7.11 Å². The molecule has 0 spiro atoms. The molecule has 1 atom stereocenters. The second-order valence-corrected chi connectivity index (χ2v) is 4.79. The Labute approximate surface area is 143 Å². The number of halogens is 2. The molecule has 130 valence electrons. The third kappa shape index (κ3) is 7.04. The summed E-state index contributed by atoms with van der Waals surface area (Å²) in [5.41, 5.74) is 2.55. The third-order valence-corrected chi connectivity index (χ3v) is 3.23. The molecule has 7 nitrogen and oxygen atoms in total. The van der Waals surface area contributed by atoms with Crippen LogP contribution in [-0.2, 0) is 9.68 Å². The molecule has 0 aliphatic heterocycles. The highest BCUT2D eigenvalue weighted by Gasteiger charge is 2.19. The van der Waals surface area contributed by atoms with Crippen LogP contribution in [0.2, 0.25) is 0 Å². The van der Waals surface area contributed by atoms with E-state index >= 15 is 0 Å². The minimum absolute atomic E-state index is 0.0127. The zero-order chi connectivity index (χ0) is 17.8. The number of hydrogen-bond donors (Lipinski definition) is 3. The van der Waals surface area contributed by atoms with Gasteiger partial charge < -0.3 is 4.84 Å². The van der Waals surface area contributed by atoms with Gasteiger partial charge >= 0.3 is 0 Å². The monoisotopic (exact) mass is 392 g/mol. The summed E-state index contributed by atoms with van der Waals surface area (Å²) < 4.78 is 13.7. The maximum Gasteiger partial charge on any atom is 0.178 e. The van der Waals surface area contributed by atoms with Gasteiger partial charge in [0, 0.05) is 16.6 Å². The number of allylic oxidation sites excluding steroid dienone is 5. The second-order valence-electron chi connectivity index (χ2n) is 3.94. The van der Waals surface area contributed by atoms with E-state index in [4.69, 9.17) is 5.90 Å². The average Bonchev–Trinajstić information content (AvgIpc) is 2.74. The van der Waals surface area contributed by atoms with E-state index in [2.05, 4.69) is 35.8 Å². The number of hydrogen-bond acceptors (Lipinski definition) is 6. The molecule has 1 aliphatic rings. The number of amidine groups is 1. The zero-order valence-electron chi connectivity index (χ0n) is 13.5. The fraction of sp³-hybridized carbons (Fsp3) is 0.429. The molecule has 0 aromatic rings. The fourth-order valence-corrected chi connectivity index (χ4v) is 1.74. The van der Waals surface area contributed by atoms with Crippen LogP contribution in [0, 0.1) is 0 Å². The van der Waals surface area contributed by atoms with Crippen LogP contribution in [0.4, 0.5) is 4.39 Å². The molecule has 0 heterocycles. The molecular formula is C14H22BrFN4O3. The molecule has 0 saturated heterocycles. The number of rotatable bonds is 5. The van der Waals surface area contributed by atoms with Crippen molar-refractivity contribution in [3.63, 3.8) is 0 Å². The van der Waals surface area contributed by atoms with E-state index in [1.54, 1.807) is 13.0 Å². The summed E-state index contributed by atoms with van der Waals surface area (Å²) in [7, 11) is 1.33. The van der Waals surface area contributed by atoms with Gasteiger partial charge in [-0.2, -0.15) is 0 Å². The predicted octanol–water partition coefficient (Wildman–Crippen LogP) is 3.09. The molecule has 9 heteroatoms. The Hall–Kier alpha value is -1.55. The van der Waals surface area contributed by atoms with Gasteiger partial charge in [0.15, 0.2) is 11.5 Å². The predicted molar refractivity (Wildman–Crippen MR) is 91.8 cm³/mol. The number of nitrogens with zero attached hydrogens (tertiary/aromatic N) is 2. The van der Waals surface area contributed by atoms with Crippen molar-refractivity contribution in [2.24, 2.45) is 16.0 Å². The zero-order valence-corrected chi connectivity index (χ0v) is 15.1. The molecule has 0 aromatic carbocycles. The van der Waals surface area contributed by atoms with Crippen molar-refractivity contribution in [3.8, 4) is 0 Å². The molecule has 0 saturated carbocycles. The first kappa shape index (κ1) is 21.4. The van der Waals surface area contributed by atoms with Crippen LogP contribution in [-0.4, -0.2) is 30.0 Å². The van der Waals surface area contributed by atoms with Gasteiger partial charge in [-0.25, -0.2) is 15.3 Å². The molecule has 0 fully saturated rings. The molecule has 0 radical (unpaired) electrons. The molecule has 0 amide bonds. The van der Waals surface area contributed by atoms with Crippen LogP contribution < -0.4 is 11.4 Å². The van der Waals surface area contributed by atoms with E-state index in [0.717, 1.165) is 0 Å². The molecule has 0 bridgehead atoms. The minimum Gasteiger partial charge on any atom is -0.399 e. The van der Waals surface area contributed by atoms with Crippen molar-refractivity contribution in [1.82, 2.24) is 5.48 Å². The highest BCUT2D eigenvalue weighted by Crippen LogP contribution is 2.24. The van der Waals surface area contributed by atoms with E-state index in [9.17, 15) is 9.60 Å². The van der Waals surface area contributed by atoms with Crippen molar-refractivity contribution < 1.29 is 19.3 Å². The maximum atomic E-state index is 13.4. The molecule has 23 heavy (non-hydrogen) atoms. The summed E-state index contributed by atoms with van der Waals surface area (Å²) in [6.45, 7) is 5.60. The lowest BCUT2D eigenvalue weighted by Gasteiger charge is -2.13. The standard InChI is InChI=1S/C12H16BrFN4O3.C2H6/c1-7(21-15)11(18-20-2)12(17-19)16-8-3-5-9(13)10(14)6-4-8;1-2/h4-7,19H,3,15H2,1-2H3,(H,16,17);1-2H3/b18-11+;/t7-;/m1./s1. The van der Waals surface area contributed by atoms with E-state index in [-0.39, 0.29) is 11.5 Å². The molecule has 1 aliphatic carbocycles. The van der Waals surface area contributed by atoms with Gasteiger partial charge in [-0.05, 0) is 35.0 Å². The van der Waals surface area contributed by atoms with Crippen molar-refractivity contribution in [3.05, 3.63) is 34.2 Å². The molecule has 0 unspecified atom stereocenters. The summed E-state index contributed by atoms with van der Waals surface area (Å²) in [5.74, 6) is 4.67. The van der Waals surface area contributed by atoms with Crippen molar-refractivity contribution in [2.45, 2.75) is 33.3 Å². The average molecular weight is 393 g/mol. The fourth-order valence-electron chi connectivity index (χ4n) is 1.45.